The minimum Gasteiger partial charge on any atom is -0.478 e. The molecule has 1 aromatic heterocycles. The number of carboxylic acid groups (broad SMARTS) is 1. The Labute approximate surface area is 99.8 Å². The van der Waals surface area contributed by atoms with E-state index in [1.807, 2.05) is 0 Å². The Morgan fingerprint density at radius 2 is 2.41 bits per heavy atom. The number of pyridine rings is 1. The molecule has 17 heavy (non-hydrogen) atoms. The number of rotatable bonds is 4. The third-order valence-electron chi connectivity index (χ3n) is 3.15. The number of aromatic nitrogens is 1. The zero-order valence-corrected chi connectivity index (χ0v) is 9.72. The van der Waals surface area contributed by atoms with Gasteiger partial charge in [-0.15, -0.1) is 0 Å². The van der Waals surface area contributed by atoms with Crippen LogP contribution in [-0.2, 0) is 4.74 Å². The lowest BCUT2D eigenvalue weighted by Crippen LogP contribution is -2.30. The molecule has 1 heterocycles. The Balaban J connectivity index is 2.15. The highest BCUT2D eigenvalue weighted by Gasteiger charge is 2.27. The van der Waals surface area contributed by atoms with E-state index in [2.05, 4.69) is 10.3 Å². The maximum Gasteiger partial charge on any atom is 0.339 e. The van der Waals surface area contributed by atoms with Gasteiger partial charge in [0.1, 0.15) is 5.56 Å². The molecule has 2 rings (SSSR count). The fourth-order valence-corrected chi connectivity index (χ4v) is 2.26. The minimum absolute atomic E-state index is 0.157. The van der Waals surface area contributed by atoms with E-state index in [0.717, 1.165) is 19.3 Å². The van der Waals surface area contributed by atoms with Crippen LogP contribution in [0.3, 0.4) is 0 Å². The highest BCUT2D eigenvalue weighted by Crippen LogP contribution is 2.26. The summed E-state index contributed by atoms with van der Waals surface area (Å²) in [6.45, 7) is 0. The molecule has 1 saturated carbocycles. The van der Waals surface area contributed by atoms with Crippen LogP contribution in [0.2, 0.25) is 0 Å². The van der Waals surface area contributed by atoms with Crippen LogP contribution in [0.15, 0.2) is 18.5 Å². The highest BCUT2D eigenvalue weighted by atomic mass is 16.5. The summed E-state index contributed by atoms with van der Waals surface area (Å²) in [6.07, 6.45) is 6.22. The molecule has 0 bridgehead atoms. The molecule has 0 spiro atoms. The summed E-state index contributed by atoms with van der Waals surface area (Å²) in [5, 5.41) is 12.3. The van der Waals surface area contributed by atoms with Gasteiger partial charge in [-0.05, 0) is 25.3 Å². The fraction of sp³-hybridized carbons (Fsp3) is 0.500. The zero-order valence-electron chi connectivity index (χ0n) is 9.72. The molecule has 5 nitrogen and oxygen atoms in total. The molecule has 1 aromatic rings. The molecular weight excluding hydrogens is 220 g/mol. The first kappa shape index (κ1) is 11.9. The fourth-order valence-electron chi connectivity index (χ4n) is 2.26. The van der Waals surface area contributed by atoms with Crippen molar-refractivity contribution in [3.63, 3.8) is 0 Å². The molecule has 0 amide bonds. The topological polar surface area (TPSA) is 71.5 Å². The van der Waals surface area contributed by atoms with Gasteiger partial charge in [0, 0.05) is 19.5 Å². The van der Waals surface area contributed by atoms with Crippen molar-refractivity contribution >= 4 is 11.7 Å². The lowest BCUT2D eigenvalue weighted by atomic mass is 10.1. The van der Waals surface area contributed by atoms with Crippen molar-refractivity contribution in [2.45, 2.75) is 31.4 Å². The Bertz CT molecular complexity index is 408. The molecule has 1 aliphatic rings. The molecule has 0 saturated heterocycles. The van der Waals surface area contributed by atoms with E-state index < -0.39 is 5.97 Å². The van der Waals surface area contributed by atoms with Gasteiger partial charge in [0.2, 0.25) is 0 Å². The lowest BCUT2D eigenvalue weighted by Gasteiger charge is -2.21. The van der Waals surface area contributed by atoms with Crippen molar-refractivity contribution in [3.8, 4) is 0 Å². The van der Waals surface area contributed by atoms with E-state index in [-0.39, 0.29) is 17.7 Å². The second kappa shape index (κ2) is 5.14. The largest absolute Gasteiger partial charge is 0.478 e. The molecule has 1 aliphatic carbocycles. The molecule has 1 fully saturated rings. The van der Waals surface area contributed by atoms with E-state index >= 15 is 0 Å². The van der Waals surface area contributed by atoms with E-state index in [0.29, 0.717) is 5.69 Å². The summed E-state index contributed by atoms with van der Waals surface area (Å²) in [5.41, 5.74) is 0.815. The van der Waals surface area contributed by atoms with Crippen LogP contribution in [0.5, 0.6) is 0 Å². The predicted molar refractivity (Wildman–Crippen MR) is 63.3 cm³/mol. The van der Waals surface area contributed by atoms with Crippen LogP contribution >= 0.6 is 0 Å². The molecule has 2 N–H and O–H groups in total. The predicted octanol–water partition coefficient (Wildman–Crippen LogP) is 1.76. The van der Waals surface area contributed by atoms with Crippen molar-refractivity contribution < 1.29 is 14.6 Å². The third kappa shape index (κ3) is 2.55. The van der Waals surface area contributed by atoms with Crippen LogP contribution < -0.4 is 5.32 Å². The number of carboxylic acids is 1. The number of hydrogen-bond donors (Lipinski definition) is 2. The van der Waals surface area contributed by atoms with Crippen LogP contribution in [0.1, 0.15) is 29.6 Å². The number of hydrogen-bond acceptors (Lipinski definition) is 4. The van der Waals surface area contributed by atoms with Crippen molar-refractivity contribution in [2.75, 3.05) is 12.4 Å². The molecule has 2 unspecified atom stereocenters. The van der Waals surface area contributed by atoms with Gasteiger partial charge >= 0.3 is 5.97 Å². The number of nitrogens with zero attached hydrogens (tertiary/aromatic N) is 1. The number of ether oxygens (including phenoxy) is 1. The van der Waals surface area contributed by atoms with Gasteiger partial charge in [-0.2, -0.15) is 0 Å². The van der Waals surface area contributed by atoms with E-state index in [1.54, 1.807) is 19.4 Å². The van der Waals surface area contributed by atoms with Crippen LogP contribution in [0.4, 0.5) is 5.69 Å². The maximum atomic E-state index is 11.0. The third-order valence-corrected chi connectivity index (χ3v) is 3.15. The van der Waals surface area contributed by atoms with Gasteiger partial charge in [0.05, 0.1) is 17.8 Å². The molecule has 0 aliphatic heterocycles. The first-order valence-corrected chi connectivity index (χ1v) is 5.69. The van der Waals surface area contributed by atoms with Crippen LogP contribution in [-0.4, -0.2) is 35.3 Å². The average Bonchev–Trinajstić information content (AvgIpc) is 2.77. The Kier molecular flexibility index (Phi) is 3.58. The maximum absolute atomic E-state index is 11.0. The SMILES string of the molecule is COC1CCCC1Nc1ccncc1C(=O)O. The standard InChI is InChI=1S/C12H16N2O3/c1-17-11-4-2-3-10(11)14-9-5-6-13-7-8(9)12(15)16/h5-7,10-11H,2-4H2,1H3,(H,13,14)(H,15,16). The van der Waals surface area contributed by atoms with Gasteiger partial charge in [0.15, 0.2) is 0 Å². The summed E-state index contributed by atoms with van der Waals surface area (Å²) in [5.74, 6) is -0.965. The molecular formula is C12H16N2O3. The lowest BCUT2D eigenvalue weighted by molar-refractivity contribution is 0.0696. The van der Waals surface area contributed by atoms with Crippen molar-refractivity contribution in [1.82, 2.24) is 4.98 Å². The first-order chi connectivity index (χ1) is 8.22. The Morgan fingerprint density at radius 3 is 3.12 bits per heavy atom. The van der Waals surface area contributed by atoms with E-state index in [1.165, 1.54) is 6.20 Å². The summed E-state index contributed by atoms with van der Waals surface area (Å²) in [4.78, 5) is 14.9. The average molecular weight is 236 g/mol. The van der Waals surface area contributed by atoms with Crippen molar-refractivity contribution in [2.24, 2.45) is 0 Å². The van der Waals surface area contributed by atoms with Crippen molar-refractivity contribution in [1.29, 1.82) is 0 Å². The second-order valence-corrected chi connectivity index (χ2v) is 4.18. The Morgan fingerprint density at radius 1 is 1.59 bits per heavy atom. The van der Waals surface area contributed by atoms with Gasteiger partial charge in [-0.3, -0.25) is 4.98 Å². The molecule has 0 aromatic carbocycles. The van der Waals surface area contributed by atoms with Gasteiger partial charge in [-0.1, -0.05) is 0 Å². The number of methoxy groups -OCH3 is 1. The van der Waals surface area contributed by atoms with E-state index in [9.17, 15) is 4.79 Å². The van der Waals surface area contributed by atoms with Crippen LogP contribution in [0, 0.1) is 0 Å². The molecule has 92 valence electrons. The Hall–Kier alpha value is -1.62. The first-order valence-electron chi connectivity index (χ1n) is 5.69. The molecule has 0 radical (unpaired) electrons. The summed E-state index contributed by atoms with van der Waals surface area (Å²) >= 11 is 0. The quantitative estimate of drug-likeness (QED) is 0.833. The van der Waals surface area contributed by atoms with Gasteiger partial charge < -0.3 is 15.2 Å². The molecule has 2 atom stereocenters. The summed E-state index contributed by atoms with van der Waals surface area (Å²) < 4.78 is 5.37. The zero-order chi connectivity index (χ0) is 12.3. The number of aromatic carboxylic acids is 1. The van der Waals surface area contributed by atoms with Crippen LogP contribution in [0.25, 0.3) is 0 Å². The van der Waals surface area contributed by atoms with Gasteiger partial charge in [0.25, 0.3) is 0 Å². The van der Waals surface area contributed by atoms with E-state index in [4.69, 9.17) is 9.84 Å². The van der Waals surface area contributed by atoms with Gasteiger partial charge in [-0.25, -0.2) is 4.79 Å². The second-order valence-electron chi connectivity index (χ2n) is 4.18. The minimum atomic E-state index is -0.965. The normalized spacial score (nSPS) is 23.6. The number of carbonyl (C=O) groups is 1. The summed E-state index contributed by atoms with van der Waals surface area (Å²) in [7, 11) is 1.69. The van der Waals surface area contributed by atoms with Crippen molar-refractivity contribution in [3.05, 3.63) is 24.0 Å². The smallest absolute Gasteiger partial charge is 0.339 e. The monoisotopic (exact) mass is 236 g/mol. The summed E-state index contributed by atoms with van der Waals surface area (Å²) in [6, 6.07) is 1.87. The number of nitrogens with one attached hydrogen (secondary N) is 1. The molecule has 5 heteroatoms. The highest BCUT2D eigenvalue weighted by molar-refractivity contribution is 5.93. The number of anilines is 1.